The van der Waals surface area contributed by atoms with Crippen LogP contribution in [0.5, 0.6) is 0 Å². The molecule has 0 saturated carbocycles. The van der Waals surface area contributed by atoms with Crippen molar-refractivity contribution < 1.29 is 55.5 Å². The summed E-state index contributed by atoms with van der Waals surface area (Å²) in [4.78, 5) is 7.05. The fraction of sp³-hybridized carbons (Fsp3) is 0.103. The third kappa shape index (κ3) is 10.1. The van der Waals surface area contributed by atoms with Crippen LogP contribution in [-0.4, -0.2) is 29.5 Å². The zero-order valence-corrected chi connectivity index (χ0v) is 25.2. The Kier molecular flexibility index (Phi) is 12.1. The van der Waals surface area contributed by atoms with Gasteiger partial charge in [-0.05, 0) is 24.0 Å². The molecule has 0 aliphatic carbocycles. The molecule has 16 heteroatoms. The van der Waals surface area contributed by atoms with E-state index in [9.17, 15) is 30.7 Å². The maximum atomic E-state index is 13.3. The second kappa shape index (κ2) is 15.8. The number of hydrogen-bond acceptors (Lipinski definition) is 4. The van der Waals surface area contributed by atoms with Crippen LogP contribution < -0.4 is 9.78 Å². The summed E-state index contributed by atoms with van der Waals surface area (Å²) in [5, 5.41) is 10.2. The summed E-state index contributed by atoms with van der Waals surface area (Å²) in [5.41, 5.74) is 0.876. The molecular weight excluding hydrogens is 786 g/mol. The molecule has 6 aromatic rings. The van der Waals surface area contributed by atoms with E-state index in [0.29, 0.717) is 11.1 Å². The molecule has 1 radical (unpaired) electrons. The number of alkyl halides is 3. The molecule has 8 nitrogen and oxygen atoms in total. The van der Waals surface area contributed by atoms with Crippen molar-refractivity contribution in [3.8, 4) is 11.5 Å². The van der Waals surface area contributed by atoms with E-state index < -0.39 is 35.3 Å². The summed E-state index contributed by atoms with van der Waals surface area (Å²) in [5.74, 6) is -3.80. The second-order valence-corrected chi connectivity index (χ2v) is 8.69. The summed E-state index contributed by atoms with van der Waals surface area (Å²) in [6, 6.07) is 17.3. The molecule has 2 aromatic carbocycles. The minimum absolute atomic E-state index is 0. The molecule has 4 aromatic heterocycles. The van der Waals surface area contributed by atoms with E-state index >= 15 is 0 Å². The topological polar surface area (TPSA) is 79.4 Å². The van der Waals surface area contributed by atoms with Gasteiger partial charge in [0.1, 0.15) is 5.82 Å². The molecule has 0 spiro atoms. The first-order chi connectivity index (χ1) is 21.0. The SMILES string of the molecule is FC(F)(F)c1n[n-]c(-c2ccccn2)n1.Fc1c[c-]c(Cn2cccn2)c(F)c1.[CH2-][n+]1cccn1Cc1[c-]cc(F)cc1F.[Ir]. The van der Waals surface area contributed by atoms with Gasteiger partial charge in [-0.25, -0.2) is 4.68 Å². The van der Waals surface area contributed by atoms with Crippen molar-refractivity contribution in [2.75, 3.05) is 0 Å². The van der Waals surface area contributed by atoms with E-state index in [-0.39, 0.29) is 44.7 Å². The molecule has 4 heterocycles. The Morgan fingerprint density at radius 2 is 1.53 bits per heavy atom. The van der Waals surface area contributed by atoms with Crippen LogP contribution in [0.25, 0.3) is 11.5 Å². The average Bonchev–Trinajstić information content (AvgIpc) is 3.76. The molecule has 0 aliphatic heterocycles. The van der Waals surface area contributed by atoms with Gasteiger partial charge in [0, 0.05) is 81.8 Å². The Morgan fingerprint density at radius 1 is 0.867 bits per heavy atom. The van der Waals surface area contributed by atoms with E-state index in [1.807, 2.05) is 0 Å². The van der Waals surface area contributed by atoms with Crippen molar-refractivity contribution in [3.05, 3.63) is 145 Å². The Bertz CT molecular complexity index is 1770. The Hall–Kier alpha value is -4.82. The molecule has 0 bridgehead atoms. The van der Waals surface area contributed by atoms with E-state index in [1.165, 1.54) is 12.3 Å². The van der Waals surface area contributed by atoms with E-state index in [1.54, 1.807) is 63.1 Å². The Labute approximate surface area is 265 Å². The summed E-state index contributed by atoms with van der Waals surface area (Å²) >= 11 is 0. The number of rotatable bonds is 5. The van der Waals surface area contributed by atoms with Crippen LogP contribution in [0.1, 0.15) is 17.0 Å². The first kappa shape index (κ1) is 34.7. The standard InChI is InChI=1S/C11H9F2N2.C10H7F2N2.C8H4F3N4.Ir/c1-14-5-2-6-15(14)8-9-3-4-10(12)7-11(9)13;11-9-3-2-8(10(12)6-9)7-14-5-1-4-13-14;9-8(10,11)7-13-6(14-15-7)5-3-1-2-4-12-5;/h2,4-7H,1,8H2;1,3-6H,7H2;1-4H;/q3*-1;. The van der Waals surface area contributed by atoms with Crippen molar-refractivity contribution in [2.45, 2.75) is 19.3 Å². The molecule has 45 heavy (non-hydrogen) atoms. The maximum Gasteiger partial charge on any atom is 0.429 e. The van der Waals surface area contributed by atoms with E-state index in [2.05, 4.69) is 44.4 Å². The Morgan fingerprint density at radius 3 is 2.02 bits per heavy atom. The Balaban J connectivity index is 0.000000182. The molecule has 6 rings (SSSR count). The molecule has 0 fully saturated rings. The molecule has 237 valence electrons. The minimum Gasteiger partial charge on any atom is -0.413 e. The number of aromatic nitrogens is 8. The van der Waals surface area contributed by atoms with Gasteiger partial charge in [-0.3, -0.25) is 32.3 Å². The maximum absolute atomic E-state index is 13.3. The second-order valence-electron chi connectivity index (χ2n) is 8.69. The van der Waals surface area contributed by atoms with Crippen LogP contribution in [0.4, 0.5) is 30.7 Å². The van der Waals surface area contributed by atoms with Crippen LogP contribution in [0.2, 0.25) is 0 Å². The number of halogens is 7. The number of benzene rings is 2. The molecular formula is C29H20F7IrN8-3. The van der Waals surface area contributed by atoms with Gasteiger partial charge in [-0.1, -0.05) is 12.1 Å². The van der Waals surface area contributed by atoms with Gasteiger partial charge in [0.15, 0.2) is 0 Å². The predicted molar refractivity (Wildman–Crippen MR) is 140 cm³/mol. The van der Waals surface area contributed by atoms with Crippen LogP contribution in [0.15, 0.2) is 85.6 Å². The van der Waals surface area contributed by atoms with Crippen molar-refractivity contribution >= 4 is 0 Å². The molecule has 0 N–H and O–H groups in total. The largest absolute Gasteiger partial charge is 0.429 e. The summed E-state index contributed by atoms with van der Waals surface area (Å²) < 4.78 is 92.7. The van der Waals surface area contributed by atoms with Gasteiger partial charge in [0.25, 0.3) is 0 Å². The van der Waals surface area contributed by atoms with Gasteiger partial charge in [-0.15, -0.1) is 35.4 Å². The average molecular weight is 806 g/mol. The third-order valence-electron chi connectivity index (χ3n) is 5.52. The molecule has 0 aliphatic rings. The summed E-state index contributed by atoms with van der Waals surface area (Å²) in [7, 11) is 3.69. The zero-order chi connectivity index (χ0) is 31.7. The zero-order valence-electron chi connectivity index (χ0n) is 22.8. The molecule has 0 amide bonds. The van der Waals surface area contributed by atoms with Gasteiger partial charge >= 0.3 is 6.18 Å². The van der Waals surface area contributed by atoms with Crippen LogP contribution in [0, 0.1) is 42.4 Å². The number of nitrogens with zero attached hydrogens (tertiary/aromatic N) is 8. The van der Waals surface area contributed by atoms with Gasteiger partial charge < -0.3 is 10.1 Å². The minimum atomic E-state index is -4.57. The summed E-state index contributed by atoms with van der Waals surface area (Å²) in [6.45, 7) is 0.543. The van der Waals surface area contributed by atoms with Gasteiger partial charge in [0.2, 0.25) is 0 Å². The fourth-order valence-corrected chi connectivity index (χ4v) is 3.43. The van der Waals surface area contributed by atoms with Gasteiger partial charge in [-0.2, -0.15) is 35.1 Å². The van der Waals surface area contributed by atoms with Crippen molar-refractivity contribution in [3.63, 3.8) is 0 Å². The van der Waals surface area contributed by atoms with E-state index in [0.717, 1.165) is 24.3 Å². The summed E-state index contributed by atoms with van der Waals surface area (Å²) in [6.07, 6.45) is 3.67. The third-order valence-corrected chi connectivity index (χ3v) is 5.52. The number of pyridine rings is 1. The first-order valence-electron chi connectivity index (χ1n) is 12.4. The van der Waals surface area contributed by atoms with Crippen LogP contribution in [0.3, 0.4) is 0 Å². The first-order valence-corrected chi connectivity index (χ1v) is 12.4. The number of hydrogen-bond donors (Lipinski definition) is 0. The van der Waals surface area contributed by atoms with Crippen LogP contribution >= 0.6 is 0 Å². The van der Waals surface area contributed by atoms with Crippen LogP contribution in [-0.2, 0) is 39.4 Å². The molecule has 0 saturated heterocycles. The van der Waals surface area contributed by atoms with Gasteiger partial charge in [0.05, 0.1) is 18.4 Å². The van der Waals surface area contributed by atoms with E-state index in [4.69, 9.17) is 0 Å². The fourth-order valence-electron chi connectivity index (χ4n) is 3.43. The smallest absolute Gasteiger partial charge is 0.413 e. The predicted octanol–water partition coefficient (Wildman–Crippen LogP) is 5.06. The normalized spacial score (nSPS) is 10.6. The molecule has 0 unspecified atom stereocenters. The van der Waals surface area contributed by atoms with Crippen molar-refractivity contribution in [1.29, 1.82) is 0 Å². The monoisotopic (exact) mass is 806 g/mol. The van der Waals surface area contributed by atoms with Crippen molar-refractivity contribution in [2.24, 2.45) is 0 Å². The molecule has 0 atom stereocenters. The quantitative estimate of drug-likeness (QED) is 0.138. The van der Waals surface area contributed by atoms with Crippen molar-refractivity contribution in [1.82, 2.24) is 34.6 Å².